The Kier molecular flexibility index (Phi) is 6.27. The van der Waals surface area contributed by atoms with E-state index < -0.39 is 0 Å². The summed E-state index contributed by atoms with van der Waals surface area (Å²) in [6.07, 6.45) is 10.8. The van der Waals surface area contributed by atoms with Crippen LogP contribution < -0.4 is 21.1 Å². The van der Waals surface area contributed by atoms with Crippen LogP contribution in [-0.2, 0) is 0 Å². The number of para-hydroxylation sites is 1. The Morgan fingerprint density at radius 1 is 1.28 bits per heavy atom. The topological polar surface area (TPSA) is 104 Å². The molecular formula is C24H31N7O. The molecule has 5 N–H and O–H groups in total. The Morgan fingerprint density at radius 3 is 2.84 bits per heavy atom. The normalized spacial score (nSPS) is 20.6. The van der Waals surface area contributed by atoms with E-state index in [4.69, 9.17) is 15.5 Å². The molecule has 0 radical (unpaired) electrons. The van der Waals surface area contributed by atoms with Gasteiger partial charge in [0.15, 0.2) is 0 Å². The number of hydrogen-bond donors (Lipinski definition) is 4. The molecule has 0 amide bonds. The first-order valence-corrected chi connectivity index (χ1v) is 10.7. The van der Waals surface area contributed by atoms with Crippen LogP contribution in [0, 0.1) is 0 Å². The highest BCUT2D eigenvalue weighted by atomic mass is 16.5. The lowest BCUT2D eigenvalue weighted by Gasteiger charge is -2.38. The largest absolute Gasteiger partial charge is 0.495 e. The number of nitrogens with two attached hydrogens (primary N) is 1. The second kappa shape index (κ2) is 9.12. The Labute approximate surface area is 188 Å². The van der Waals surface area contributed by atoms with Crippen molar-refractivity contribution in [1.82, 2.24) is 25.2 Å². The molecule has 0 bridgehead atoms. The molecule has 2 aromatic heterocycles. The van der Waals surface area contributed by atoms with Crippen LogP contribution in [0.4, 0.5) is 5.95 Å². The molecular weight excluding hydrogens is 402 g/mol. The molecule has 0 saturated heterocycles. The lowest BCUT2D eigenvalue weighted by molar-refractivity contribution is 0.300. The highest BCUT2D eigenvalue weighted by molar-refractivity contribution is 5.97. The Bertz CT molecular complexity index is 1150. The summed E-state index contributed by atoms with van der Waals surface area (Å²) in [6, 6.07) is 7.68. The lowest BCUT2D eigenvalue weighted by Crippen LogP contribution is -2.57. The molecule has 1 aromatic carbocycles. The third kappa shape index (κ3) is 4.25. The maximum absolute atomic E-state index is 6.55. The second-order valence-corrected chi connectivity index (χ2v) is 8.30. The number of allylic oxidation sites excluding steroid dienone is 1. The maximum Gasteiger partial charge on any atom is 0.227 e. The number of nitrogens with zero attached hydrogens (tertiary/aromatic N) is 3. The van der Waals surface area contributed by atoms with Crippen LogP contribution in [-0.4, -0.2) is 66.2 Å². The summed E-state index contributed by atoms with van der Waals surface area (Å²) in [5, 5.41) is 7.76. The van der Waals surface area contributed by atoms with Gasteiger partial charge in [0.25, 0.3) is 0 Å². The number of ether oxygens (including phenoxy) is 1. The van der Waals surface area contributed by atoms with E-state index in [9.17, 15) is 0 Å². The van der Waals surface area contributed by atoms with E-state index >= 15 is 0 Å². The van der Waals surface area contributed by atoms with Gasteiger partial charge in [-0.1, -0.05) is 18.2 Å². The van der Waals surface area contributed by atoms with E-state index in [-0.39, 0.29) is 11.6 Å². The van der Waals surface area contributed by atoms with Crippen LogP contribution in [0.3, 0.4) is 0 Å². The molecule has 0 saturated carbocycles. The van der Waals surface area contributed by atoms with Crippen molar-refractivity contribution in [2.75, 3.05) is 40.1 Å². The molecule has 1 aliphatic rings. The van der Waals surface area contributed by atoms with E-state index in [2.05, 4.69) is 51.7 Å². The van der Waals surface area contributed by atoms with Crippen LogP contribution in [0.25, 0.3) is 22.2 Å². The molecule has 4 rings (SSSR count). The fraction of sp³-hybridized carbons (Fsp3) is 0.333. The maximum atomic E-state index is 6.55. The fourth-order valence-corrected chi connectivity index (χ4v) is 4.07. The molecule has 2 heterocycles. The molecule has 8 nitrogen and oxygen atoms in total. The van der Waals surface area contributed by atoms with Crippen molar-refractivity contribution in [1.29, 1.82) is 0 Å². The Hall–Kier alpha value is -3.20. The predicted molar refractivity (Wildman–Crippen MR) is 130 cm³/mol. The molecule has 0 spiro atoms. The van der Waals surface area contributed by atoms with Gasteiger partial charge in [-0.3, -0.25) is 0 Å². The smallest absolute Gasteiger partial charge is 0.227 e. The molecule has 2 atom stereocenters. The average molecular weight is 434 g/mol. The van der Waals surface area contributed by atoms with Crippen molar-refractivity contribution < 1.29 is 4.74 Å². The minimum Gasteiger partial charge on any atom is -0.495 e. The standard InChI is InChI=1S/C24H31N7O/c1-26-24(11-13-31(2)3)10-8-16(14-21(24)25)29-23-27-12-9-19(30-23)18-15-28-22-17(18)6-5-7-20(22)32-4/h5-10,12,14-15,21,26,28H,11,13,25H2,1-4H3,(H,27,29,30). The Morgan fingerprint density at radius 2 is 2.12 bits per heavy atom. The third-order valence-corrected chi connectivity index (χ3v) is 6.04. The summed E-state index contributed by atoms with van der Waals surface area (Å²) in [4.78, 5) is 14.6. The summed E-state index contributed by atoms with van der Waals surface area (Å²) in [5.41, 5.74) is 9.91. The fourth-order valence-electron chi connectivity index (χ4n) is 4.07. The van der Waals surface area contributed by atoms with Gasteiger partial charge < -0.3 is 31.0 Å². The number of H-pyrrole nitrogens is 1. The number of hydrogen-bond acceptors (Lipinski definition) is 7. The van der Waals surface area contributed by atoms with Gasteiger partial charge in [-0.15, -0.1) is 0 Å². The van der Waals surface area contributed by atoms with Gasteiger partial charge in [-0.05, 0) is 58.4 Å². The zero-order valence-corrected chi connectivity index (χ0v) is 19.0. The highest BCUT2D eigenvalue weighted by Crippen LogP contribution is 2.32. The van der Waals surface area contributed by atoms with Crippen LogP contribution in [0.2, 0.25) is 0 Å². The number of fused-ring (bicyclic) bond motifs is 1. The number of benzene rings is 1. The van der Waals surface area contributed by atoms with Crippen LogP contribution in [0.15, 0.2) is 60.6 Å². The molecule has 1 aliphatic carbocycles. The zero-order chi connectivity index (χ0) is 22.7. The lowest BCUT2D eigenvalue weighted by atomic mass is 9.83. The first kappa shape index (κ1) is 22.0. The summed E-state index contributed by atoms with van der Waals surface area (Å²) in [7, 11) is 7.76. The van der Waals surface area contributed by atoms with Gasteiger partial charge in [-0.25, -0.2) is 9.97 Å². The number of aromatic nitrogens is 3. The summed E-state index contributed by atoms with van der Waals surface area (Å²) in [6.45, 7) is 0.941. The van der Waals surface area contributed by atoms with Gasteiger partial charge >= 0.3 is 0 Å². The van der Waals surface area contributed by atoms with Gasteiger partial charge in [0.2, 0.25) is 5.95 Å². The minimum absolute atomic E-state index is 0.177. The Balaban J connectivity index is 1.56. The van der Waals surface area contributed by atoms with Crippen molar-refractivity contribution in [3.05, 3.63) is 60.6 Å². The van der Waals surface area contributed by atoms with E-state index in [0.29, 0.717) is 5.95 Å². The molecule has 8 heteroatoms. The number of anilines is 1. The first-order valence-electron chi connectivity index (χ1n) is 10.7. The molecule has 3 aromatic rings. The van der Waals surface area contributed by atoms with Crippen molar-refractivity contribution in [3.8, 4) is 17.0 Å². The van der Waals surface area contributed by atoms with E-state index in [1.165, 1.54) is 0 Å². The molecule has 168 valence electrons. The van der Waals surface area contributed by atoms with E-state index in [1.807, 2.05) is 43.6 Å². The van der Waals surface area contributed by atoms with Crippen molar-refractivity contribution in [3.63, 3.8) is 0 Å². The van der Waals surface area contributed by atoms with Gasteiger partial charge in [0.05, 0.1) is 23.9 Å². The quantitative estimate of drug-likeness (QED) is 0.433. The van der Waals surface area contributed by atoms with Crippen molar-refractivity contribution in [2.24, 2.45) is 5.73 Å². The summed E-state index contributed by atoms with van der Waals surface area (Å²) in [5.74, 6) is 1.32. The predicted octanol–water partition coefficient (Wildman–Crippen LogP) is 2.74. The number of rotatable bonds is 8. The van der Waals surface area contributed by atoms with E-state index in [1.54, 1.807) is 13.3 Å². The van der Waals surface area contributed by atoms with Crippen LogP contribution >= 0.6 is 0 Å². The summed E-state index contributed by atoms with van der Waals surface area (Å²) < 4.78 is 5.46. The van der Waals surface area contributed by atoms with Gasteiger partial charge in [0, 0.05) is 35.1 Å². The van der Waals surface area contributed by atoms with Crippen molar-refractivity contribution >= 4 is 16.9 Å². The number of methoxy groups -OCH3 is 1. The molecule has 2 unspecified atom stereocenters. The average Bonchev–Trinajstić information content (AvgIpc) is 3.23. The SMILES string of the molecule is CNC1(CCN(C)C)C=CC(Nc2nccc(-c3c[nH]c4c(OC)cccc34)n2)=CC1N. The van der Waals surface area contributed by atoms with Crippen LogP contribution in [0.1, 0.15) is 6.42 Å². The van der Waals surface area contributed by atoms with E-state index in [0.717, 1.165) is 46.6 Å². The second-order valence-electron chi connectivity index (χ2n) is 8.30. The summed E-state index contributed by atoms with van der Waals surface area (Å²) >= 11 is 0. The monoisotopic (exact) mass is 433 g/mol. The molecule has 32 heavy (non-hydrogen) atoms. The highest BCUT2D eigenvalue weighted by Gasteiger charge is 2.33. The number of nitrogens with one attached hydrogen (secondary N) is 3. The van der Waals surface area contributed by atoms with Gasteiger partial charge in [0.1, 0.15) is 5.75 Å². The third-order valence-electron chi connectivity index (χ3n) is 6.04. The van der Waals surface area contributed by atoms with Crippen LogP contribution in [0.5, 0.6) is 5.75 Å². The zero-order valence-electron chi connectivity index (χ0n) is 19.0. The molecule has 0 fully saturated rings. The number of aromatic amines is 1. The molecule has 0 aliphatic heterocycles. The first-order chi connectivity index (χ1) is 15.5. The van der Waals surface area contributed by atoms with Gasteiger partial charge in [-0.2, -0.15) is 0 Å². The minimum atomic E-state index is -0.277. The van der Waals surface area contributed by atoms with Crippen molar-refractivity contribution in [2.45, 2.75) is 18.0 Å². The number of likely N-dealkylation sites (N-methyl/N-ethyl adjacent to an activating group) is 1.